The van der Waals surface area contributed by atoms with Crippen molar-refractivity contribution in [3.05, 3.63) is 70.0 Å². The number of nitrogens with two attached hydrogens (primary N) is 2. The molecular formula is C18H21FN2. The van der Waals surface area contributed by atoms with Crippen LogP contribution in [0.2, 0.25) is 0 Å². The zero-order chi connectivity index (χ0) is 14.8. The van der Waals surface area contributed by atoms with Gasteiger partial charge in [-0.3, -0.25) is 0 Å². The van der Waals surface area contributed by atoms with Crippen LogP contribution in [0.1, 0.15) is 40.2 Å². The molecule has 2 aromatic rings. The van der Waals surface area contributed by atoms with Crippen LogP contribution in [0.25, 0.3) is 0 Å². The molecule has 1 aliphatic rings. The van der Waals surface area contributed by atoms with Gasteiger partial charge in [-0.2, -0.15) is 0 Å². The number of hydrogen-bond acceptors (Lipinski definition) is 2. The largest absolute Gasteiger partial charge is 0.326 e. The van der Waals surface area contributed by atoms with Gasteiger partial charge in [0.15, 0.2) is 0 Å². The minimum Gasteiger partial charge on any atom is -0.326 e. The fourth-order valence-corrected chi connectivity index (χ4v) is 3.35. The van der Waals surface area contributed by atoms with Crippen molar-refractivity contribution in [1.82, 2.24) is 0 Å². The Labute approximate surface area is 125 Å². The molecule has 0 saturated carbocycles. The Hall–Kier alpha value is -1.71. The van der Waals surface area contributed by atoms with Gasteiger partial charge in [0.05, 0.1) is 0 Å². The van der Waals surface area contributed by atoms with E-state index in [1.54, 1.807) is 12.1 Å². The monoisotopic (exact) mass is 284 g/mol. The Kier molecular flexibility index (Phi) is 4.04. The van der Waals surface area contributed by atoms with E-state index >= 15 is 0 Å². The van der Waals surface area contributed by atoms with Crippen LogP contribution in [-0.4, -0.2) is 0 Å². The zero-order valence-corrected chi connectivity index (χ0v) is 12.1. The van der Waals surface area contributed by atoms with Gasteiger partial charge in [-0.1, -0.05) is 30.3 Å². The Morgan fingerprint density at radius 2 is 1.95 bits per heavy atom. The first-order valence-electron chi connectivity index (χ1n) is 7.51. The third kappa shape index (κ3) is 2.71. The molecule has 2 aromatic carbocycles. The maximum Gasteiger partial charge on any atom is 0.126 e. The van der Waals surface area contributed by atoms with Gasteiger partial charge in [0.25, 0.3) is 0 Å². The minimum atomic E-state index is -0.0820. The van der Waals surface area contributed by atoms with E-state index in [1.807, 2.05) is 12.1 Å². The predicted molar refractivity (Wildman–Crippen MR) is 83.4 cm³/mol. The summed E-state index contributed by atoms with van der Waals surface area (Å²) >= 11 is 0. The van der Waals surface area contributed by atoms with Crippen LogP contribution in [0.5, 0.6) is 0 Å². The van der Waals surface area contributed by atoms with Crippen LogP contribution < -0.4 is 11.5 Å². The molecule has 0 spiro atoms. The van der Waals surface area contributed by atoms with Gasteiger partial charge in [-0.15, -0.1) is 0 Å². The second kappa shape index (κ2) is 5.96. The maximum absolute atomic E-state index is 14.0. The molecule has 0 heterocycles. The van der Waals surface area contributed by atoms with E-state index in [2.05, 4.69) is 12.1 Å². The molecule has 1 unspecified atom stereocenters. The molecule has 3 rings (SSSR count). The number of hydrogen-bond donors (Lipinski definition) is 2. The number of halogens is 1. The molecular weight excluding hydrogens is 263 g/mol. The highest BCUT2D eigenvalue weighted by molar-refractivity contribution is 5.39. The lowest BCUT2D eigenvalue weighted by atomic mass is 9.78. The minimum absolute atomic E-state index is 0.0820. The van der Waals surface area contributed by atoms with E-state index in [4.69, 9.17) is 11.5 Å². The first-order valence-corrected chi connectivity index (χ1v) is 7.51. The molecule has 21 heavy (non-hydrogen) atoms. The molecule has 0 fully saturated rings. The summed E-state index contributed by atoms with van der Waals surface area (Å²) in [6.07, 6.45) is 2.72. The highest BCUT2D eigenvalue weighted by atomic mass is 19.1. The normalized spacial score (nSPS) is 17.6. The van der Waals surface area contributed by atoms with E-state index in [1.165, 1.54) is 5.56 Å². The van der Waals surface area contributed by atoms with Crippen molar-refractivity contribution in [2.75, 3.05) is 0 Å². The van der Waals surface area contributed by atoms with Crippen molar-refractivity contribution in [2.45, 2.75) is 38.3 Å². The Bertz CT molecular complexity index is 652. The quantitative estimate of drug-likeness (QED) is 0.910. The van der Waals surface area contributed by atoms with Crippen LogP contribution in [-0.2, 0) is 25.9 Å². The van der Waals surface area contributed by atoms with Gasteiger partial charge >= 0.3 is 0 Å². The Balaban J connectivity index is 1.97. The summed E-state index contributed by atoms with van der Waals surface area (Å²) in [6.45, 7) is 1.04. The van der Waals surface area contributed by atoms with E-state index in [0.29, 0.717) is 19.0 Å². The average molecular weight is 284 g/mol. The highest BCUT2D eigenvalue weighted by Crippen LogP contribution is 2.35. The van der Waals surface area contributed by atoms with Gasteiger partial charge in [0.2, 0.25) is 0 Å². The van der Waals surface area contributed by atoms with E-state index in [0.717, 1.165) is 41.5 Å². The molecule has 0 saturated heterocycles. The van der Waals surface area contributed by atoms with Crippen LogP contribution in [0, 0.1) is 5.82 Å². The second-order valence-electron chi connectivity index (χ2n) is 5.76. The van der Waals surface area contributed by atoms with Crippen molar-refractivity contribution in [3.63, 3.8) is 0 Å². The molecule has 2 nitrogen and oxygen atoms in total. The SMILES string of the molecule is NCc1ccc(CN)c(C2CCc3cccc(F)c3C2)c1. The molecule has 0 radical (unpaired) electrons. The van der Waals surface area contributed by atoms with Gasteiger partial charge in [0.1, 0.15) is 5.82 Å². The molecule has 3 heteroatoms. The lowest BCUT2D eigenvalue weighted by Gasteiger charge is -2.27. The zero-order valence-electron chi connectivity index (χ0n) is 12.1. The fourth-order valence-electron chi connectivity index (χ4n) is 3.35. The van der Waals surface area contributed by atoms with Crippen LogP contribution in [0.3, 0.4) is 0 Å². The van der Waals surface area contributed by atoms with Crippen molar-refractivity contribution in [3.8, 4) is 0 Å². The summed E-state index contributed by atoms with van der Waals surface area (Å²) in [5.74, 6) is 0.251. The summed E-state index contributed by atoms with van der Waals surface area (Å²) in [5, 5.41) is 0. The predicted octanol–water partition coefficient (Wildman–Crippen LogP) is 3.02. The van der Waals surface area contributed by atoms with Gasteiger partial charge in [0, 0.05) is 13.1 Å². The molecule has 1 atom stereocenters. The third-order valence-electron chi connectivity index (χ3n) is 4.53. The third-order valence-corrected chi connectivity index (χ3v) is 4.53. The van der Waals surface area contributed by atoms with Crippen LogP contribution >= 0.6 is 0 Å². The molecule has 0 amide bonds. The average Bonchev–Trinajstić information content (AvgIpc) is 2.54. The van der Waals surface area contributed by atoms with Crippen molar-refractivity contribution in [2.24, 2.45) is 11.5 Å². The Morgan fingerprint density at radius 1 is 1.10 bits per heavy atom. The lowest BCUT2D eigenvalue weighted by molar-refractivity contribution is 0.535. The molecule has 4 N–H and O–H groups in total. The number of rotatable bonds is 3. The lowest BCUT2D eigenvalue weighted by Crippen LogP contribution is -2.17. The summed E-state index contributed by atoms with van der Waals surface area (Å²) in [7, 11) is 0. The van der Waals surface area contributed by atoms with Crippen molar-refractivity contribution >= 4 is 0 Å². The summed E-state index contributed by atoms with van der Waals surface area (Å²) in [4.78, 5) is 0. The van der Waals surface area contributed by atoms with Gasteiger partial charge in [-0.25, -0.2) is 4.39 Å². The topological polar surface area (TPSA) is 52.0 Å². The molecule has 0 aromatic heterocycles. The second-order valence-corrected chi connectivity index (χ2v) is 5.76. The molecule has 110 valence electrons. The van der Waals surface area contributed by atoms with E-state index < -0.39 is 0 Å². The summed E-state index contributed by atoms with van der Waals surface area (Å²) in [5.41, 5.74) is 17.1. The molecule has 1 aliphatic carbocycles. The standard InChI is InChI=1S/C18H21FN2/c19-18-3-1-2-13-6-7-14(9-17(13)18)16-8-12(10-20)4-5-15(16)11-21/h1-5,8,14H,6-7,9-11,20-21H2. The van der Waals surface area contributed by atoms with Crippen molar-refractivity contribution < 1.29 is 4.39 Å². The van der Waals surface area contributed by atoms with Crippen molar-refractivity contribution in [1.29, 1.82) is 0 Å². The Morgan fingerprint density at radius 3 is 2.71 bits per heavy atom. The fraction of sp³-hybridized carbons (Fsp3) is 0.333. The van der Waals surface area contributed by atoms with Crippen LogP contribution in [0.4, 0.5) is 4.39 Å². The first kappa shape index (κ1) is 14.2. The maximum atomic E-state index is 14.0. The molecule has 0 aliphatic heterocycles. The smallest absolute Gasteiger partial charge is 0.126 e. The van der Waals surface area contributed by atoms with E-state index in [-0.39, 0.29) is 5.82 Å². The number of aryl methyl sites for hydroxylation is 1. The number of benzene rings is 2. The number of fused-ring (bicyclic) bond motifs is 1. The van der Waals surface area contributed by atoms with Gasteiger partial charge < -0.3 is 11.5 Å². The van der Waals surface area contributed by atoms with Crippen LogP contribution in [0.15, 0.2) is 36.4 Å². The van der Waals surface area contributed by atoms with Gasteiger partial charge in [-0.05, 0) is 59.1 Å². The summed E-state index contributed by atoms with van der Waals surface area (Å²) < 4.78 is 14.0. The highest BCUT2D eigenvalue weighted by Gasteiger charge is 2.24. The summed E-state index contributed by atoms with van der Waals surface area (Å²) in [6, 6.07) is 11.6. The van der Waals surface area contributed by atoms with E-state index in [9.17, 15) is 4.39 Å². The molecule has 0 bridgehead atoms. The first-order chi connectivity index (χ1) is 10.2.